The normalized spacial score (nSPS) is 12.6. The lowest BCUT2D eigenvalue weighted by Crippen LogP contribution is -2.24. The summed E-state index contributed by atoms with van der Waals surface area (Å²) in [5, 5.41) is 7.92. The summed E-state index contributed by atoms with van der Waals surface area (Å²) in [7, 11) is 1.91. The molecule has 0 saturated heterocycles. The number of halogens is 2. The van der Waals surface area contributed by atoms with Crippen LogP contribution in [0.5, 0.6) is 0 Å². The Hall–Kier alpha value is -1.20. The molecule has 3 nitrogen and oxygen atoms in total. The summed E-state index contributed by atoms with van der Waals surface area (Å²) in [5.41, 5.74) is 2.09. The number of nitrogens with zero attached hydrogens (tertiary/aromatic N) is 2. The molecule has 1 aromatic carbocycles. The molecule has 2 rings (SSSR count). The Morgan fingerprint density at radius 3 is 2.80 bits per heavy atom. The van der Waals surface area contributed by atoms with Crippen molar-refractivity contribution in [2.45, 2.75) is 25.8 Å². The Labute approximate surface area is 127 Å². The van der Waals surface area contributed by atoms with Crippen LogP contribution < -0.4 is 5.32 Å². The molecule has 20 heavy (non-hydrogen) atoms. The third-order valence-electron chi connectivity index (χ3n) is 3.16. The van der Waals surface area contributed by atoms with E-state index in [0.717, 1.165) is 35.1 Å². The van der Waals surface area contributed by atoms with Gasteiger partial charge < -0.3 is 5.32 Å². The number of benzene rings is 1. The van der Waals surface area contributed by atoms with Gasteiger partial charge in [0.2, 0.25) is 0 Å². The van der Waals surface area contributed by atoms with E-state index in [4.69, 9.17) is 0 Å². The SMILES string of the molecule is CCCNC(Cc1ccn(C)n1)c1ccc(F)cc1Br. The zero-order valence-electron chi connectivity index (χ0n) is 11.7. The molecule has 5 heteroatoms. The number of hydrogen-bond acceptors (Lipinski definition) is 2. The minimum atomic E-state index is -0.229. The van der Waals surface area contributed by atoms with Gasteiger partial charge in [0.25, 0.3) is 0 Å². The van der Waals surface area contributed by atoms with Gasteiger partial charge in [0.1, 0.15) is 5.82 Å². The second-order valence-corrected chi connectivity index (χ2v) is 5.71. The predicted octanol–water partition coefficient (Wildman–Crippen LogP) is 3.61. The van der Waals surface area contributed by atoms with Crippen molar-refractivity contribution < 1.29 is 4.39 Å². The highest BCUT2D eigenvalue weighted by Crippen LogP contribution is 2.26. The maximum absolute atomic E-state index is 13.2. The molecule has 1 heterocycles. The summed E-state index contributed by atoms with van der Waals surface area (Å²) in [6, 6.07) is 6.97. The van der Waals surface area contributed by atoms with Gasteiger partial charge in [-0.1, -0.05) is 28.9 Å². The van der Waals surface area contributed by atoms with E-state index in [9.17, 15) is 4.39 Å². The maximum Gasteiger partial charge on any atom is 0.124 e. The fraction of sp³-hybridized carbons (Fsp3) is 0.400. The molecule has 1 atom stereocenters. The summed E-state index contributed by atoms with van der Waals surface area (Å²) in [4.78, 5) is 0. The van der Waals surface area contributed by atoms with Crippen LogP contribution in [0.25, 0.3) is 0 Å². The molecule has 0 amide bonds. The quantitative estimate of drug-likeness (QED) is 0.871. The fourth-order valence-electron chi connectivity index (χ4n) is 2.18. The van der Waals surface area contributed by atoms with Crippen molar-refractivity contribution in [2.24, 2.45) is 7.05 Å². The molecule has 0 aliphatic carbocycles. The van der Waals surface area contributed by atoms with Crippen LogP contribution >= 0.6 is 15.9 Å². The highest BCUT2D eigenvalue weighted by atomic mass is 79.9. The lowest BCUT2D eigenvalue weighted by molar-refractivity contribution is 0.518. The largest absolute Gasteiger partial charge is 0.310 e. The van der Waals surface area contributed by atoms with Crippen molar-refractivity contribution in [2.75, 3.05) is 6.54 Å². The first-order valence-electron chi connectivity index (χ1n) is 6.77. The molecule has 0 fully saturated rings. The van der Waals surface area contributed by atoms with Crippen LogP contribution in [0.15, 0.2) is 34.9 Å². The number of rotatable bonds is 6. The van der Waals surface area contributed by atoms with E-state index >= 15 is 0 Å². The Balaban J connectivity index is 2.22. The summed E-state index contributed by atoms with van der Waals surface area (Å²) in [5.74, 6) is -0.229. The molecular weight excluding hydrogens is 321 g/mol. The van der Waals surface area contributed by atoms with E-state index < -0.39 is 0 Å². The first-order valence-corrected chi connectivity index (χ1v) is 7.56. The third-order valence-corrected chi connectivity index (χ3v) is 3.85. The number of hydrogen-bond donors (Lipinski definition) is 1. The molecule has 1 N–H and O–H groups in total. The molecule has 1 aromatic heterocycles. The van der Waals surface area contributed by atoms with Crippen molar-refractivity contribution in [1.29, 1.82) is 0 Å². The van der Waals surface area contributed by atoms with Crippen molar-refractivity contribution in [3.8, 4) is 0 Å². The fourth-order valence-corrected chi connectivity index (χ4v) is 2.80. The molecule has 0 radical (unpaired) electrons. The molecule has 0 aliphatic rings. The van der Waals surface area contributed by atoms with E-state index in [0.29, 0.717) is 0 Å². The molecule has 0 aliphatic heterocycles. The van der Waals surface area contributed by atoms with Crippen LogP contribution in [-0.2, 0) is 13.5 Å². The Kier molecular flexibility index (Phi) is 5.31. The van der Waals surface area contributed by atoms with Crippen LogP contribution in [0.3, 0.4) is 0 Å². The first kappa shape index (κ1) is 15.2. The maximum atomic E-state index is 13.2. The van der Waals surface area contributed by atoms with Gasteiger partial charge in [-0.2, -0.15) is 5.10 Å². The average molecular weight is 340 g/mol. The van der Waals surface area contributed by atoms with Gasteiger partial charge in [-0.3, -0.25) is 4.68 Å². The average Bonchev–Trinajstić information content (AvgIpc) is 2.80. The topological polar surface area (TPSA) is 29.9 Å². The first-order chi connectivity index (χ1) is 9.60. The van der Waals surface area contributed by atoms with Crippen molar-refractivity contribution in [3.05, 3.63) is 52.0 Å². The second-order valence-electron chi connectivity index (χ2n) is 4.86. The summed E-state index contributed by atoms with van der Waals surface area (Å²) < 4.78 is 15.8. The van der Waals surface area contributed by atoms with Gasteiger partial charge in [0.15, 0.2) is 0 Å². The monoisotopic (exact) mass is 339 g/mol. The standard InChI is InChI=1S/C15H19BrFN3/c1-3-7-18-15(10-12-6-8-20(2)19-12)13-5-4-11(17)9-14(13)16/h4-6,8-9,15,18H,3,7,10H2,1-2H3. The Morgan fingerprint density at radius 2 is 2.20 bits per heavy atom. The smallest absolute Gasteiger partial charge is 0.124 e. The van der Waals surface area contributed by atoms with Gasteiger partial charge in [-0.15, -0.1) is 0 Å². The van der Waals surface area contributed by atoms with Gasteiger partial charge in [0.05, 0.1) is 5.69 Å². The van der Waals surface area contributed by atoms with Gasteiger partial charge in [0, 0.05) is 30.2 Å². The van der Waals surface area contributed by atoms with E-state index in [1.807, 2.05) is 25.4 Å². The minimum Gasteiger partial charge on any atom is -0.310 e. The highest BCUT2D eigenvalue weighted by molar-refractivity contribution is 9.10. The highest BCUT2D eigenvalue weighted by Gasteiger charge is 2.16. The summed E-state index contributed by atoms with van der Waals surface area (Å²) in [6.07, 6.45) is 3.77. The number of aromatic nitrogens is 2. The van der Waals surface area contributed by atoms with Crippen LogP contribution in [0.1, 0.15) is 30.6 Å². The zero-order valence-corrected chi connectivity index (χ0v) is 13.3. The van der Waals surface area contributed by atoms with Crippen LogP contribution in [0.4, 0.5) is 4.39 Å². The van der Waals surface area contributed by atoms with Crippen molar-refractivity contribution >= 4 is 15.9 Å². The second kappa shape index (κ2) is 6.99. The molecule has 1 unspecified atom stereocenters. The Bertz CT molecular complexity index is 568. The van der Waals surface area contributed by atoms with Crippen LogP contribution in [0.2, 0.25) is 0 Å². The van der Waals surface area contributed by atoms with Crippen molar-refractivity contribution in [1.82, 2.24) is 15.1 Å². The van der Waals surface area contributed by atoms with E-state index in [1.165, 1.54) is 12.1 Å². The third kappa shape index (κ3) is 3.90. The van der Waals surface area contributed by atoms with Gasteiger partial charge in [-0.05, 0) is 36.7 Å². The molecule has 0 bridgehead atoms. The van der Waals surface area contributed by atoms with E-state index in [2.05, 4.69) is 33.3 Å². The van der Waals surface area contributed by atoms with E-state index in [-0.39, 0.29) is 11.9 Å². The lowest BCUT2D eigenvalue weighted by Gasteiger charge is -2.19. The zero-order chi connectivity index (χ0) is 14.5. The van der Waals surface area contributed by atoms with E-state index in [1.54, 1.807) is 4.68 Å². The molecule has 0 saturated carbocycles. The predicted molar refractivity (Wildman–Crippen MR) is 82.0 cm³/mol. The van der Waals surface area contributed by atoms with Gasteiger partial charge in [-0.25, -0.2) is 4.39 Å². The summed E-state index contributed by atoms with van der Waals surface area (Å²) >= 11 is 3.45. The molecular formula is C15H19BrFN3. The van der Waals surface area contributed by atoms with Crippen LogP contribution in [0, 0.1) is 5.82 Å². The summed E-state index contributed by atoms with van der Waals surface area (Å²) in [6.45, 7) is 3.05. The number of nitrogens with one attached hydrogen (secondary N) is 1. The number of aryl methyl sites for hydroxylation is 1. The molecule has 2 aromatic rings. The molecule has 0 spiro atoms. The van der Waals surface area contributed by atoms with Crippen LogP contribution in [-0.4, -0.2) is 16.3 Å². The van der Waals surface area contributed by atoms with Crippen molar-refractivity contribution in [3.63, 3.8) is 0 Å². The Morgan fingerprint density at radius 1 is 1.40 bits per heavy atom. The van der Waals surface area contributed by atoms with Gasteiger partial charge >= 0.3 is 0 Å². The minimum absolute atomic E-state index is 0.125. The lowest BCUT2D eigenvalue weighted by atomic mass is 10.0. The molecule has 108 valence electrons.